The SMILES string of the molecule is CC(=O)Nc1sc(C)c(C)c1C(=O)O[C@@H](C)C(=O)Nc1ccc(Cl)cc1. The van der Waals surface area contributed by atoms with Crippen molar-refractivity contribution in [2.24, 2.45) is 0 Å². The monoisotopic (exact) mass is 394 g/mol. The quantitative estimate of drug-likeness (QED) is 0.745. The van der Waals surface area contributed by atoms with E-state index in [0.29, 0.717) is 21.3 Å². The molecular formula is C18H19ClN2O4S. The third-order valence-electron chi connectivity index (χ3n) is 3.64. The molecule has 1 heterocycles. The first-order valence-corrected chi connectivity index (χ1v) is 9.03. The van der Waals surface area contributed by atoms with E-state index in [1.165, 1.54) is 25.2 Å². The van der Waals surface area contributed by atoms with Gasteiger partial charge >= 0.3 is 5.97 Å². The minimum absolute atomic E-state index is 0.272. The third kappa shape index (κ3) is 4.83. The summed E-state index contributed by atoms with van der Waals surface area (Å²) in [6.45, 7) is 6.46. The molecule has 2 aromatic rings. The Balaban J connectivity index is 2.10. The maximum absolute atomic E-state index is 12.5. The molecule has 8 heteroatoms. The molecule has 0 bridgehead atoms. The Morgan fingerprint density at radius 3 is 2.31 bits per heavy atom. The summed E-state index contributed by atoms with van der Waals surface area (Å²) < 4.78 is 5.29. The zero-order valence-corrected chi connectivity index (χ0v) is 16.4. The number of ether oxygens (including phenoxy) is 1. The first-order valence-electron chi connectivity index (χ1n) is 7.84. The number of thiophene rings is 1. The van der Waals surface area contributed by atoms with Crippen LogP contribution < -0.4 is 10.6 Å². The second-order valence-corrected chi connectivity index (χ2v) is 7.37. The zero-order chi connectivity index (χ0) is 19.4. The van der Waals surface area contributed by atoms with Crippen molar-refractivity contribution >= 4 is 51.4 Å². The predicted molar refractivity (Wildman–Crippen MR) is 103 cm³/mol. The van der Waals surface area contributed by atoms with Crippen LogP contribution in [0.5, 0.6) is 0 Å². The number of carbonyl (C=O) groups excluding carboxylic acids is 3. The number of esters is 1. The summed E-state index contributed by atoms with van der Waals surface area (Å²) in [5.74, 6) is -1.41. The van der Waals surface area contributed by atoms with Gasteiger partial charge in [-0.15, -0.1) is 11.3 Å². The summed E-state index contributed by atoms with van der Waals surface area (Å²) in [5, 5.41) is 6.25. The van der Waals surface area contributed by atoms with Gasteiger partial charge in [0.2, 0.25) is 5.91 Å². The average Bonchev–Trinajstić information content (AvgIpc) is 2.82. The number of rotatable bonds is 5. The number of anilines is 2. The molecule has 26 heavy (non-hydrogen) atoms. The molecule has 2 rings (SSSR count). The molecule has 0 radical (unpaired) electrons. The van der Waals surface area contributed by atoms with Gasteiger partial charge in [-0.2, -0.15) is 0 Å². The van der Waals surface area contributed by atoms with Crippen molar-refractivity contribution < 1.29 is 19.1 Å². The lowest BCUT2D eigenvalue weighted by atomic mass is 10.1. The number of hydrogen-bond acceptors (Lipinski definition) is 5. The summed E-state index contributed by atoms with van der Waals surface area (Å²) in [7, 11) is 0. The molecule has 0 fully saturated rings. The van der Waals surface area contributed by atoms with E-state index in [0.717, 1.165) is 4.88 Å². The minimum atomic E-state index is -1.01. The van der Waals surface area contributed by atoms with E-state index in [2.05, 4.69) is 10.6 Å². The molecule has 6 nitrogen and oxygen atoms in total. The van der Waals surface area contributed by atoms with Gasteiger partial charge in [-0.25, -0.2) is 4.79 Å². The zero-order valence-electron chi connectivity index (χ0n) is 14.8. The van der Waals surface area contributed by atoms with E-state index < -0.39 is 18.0 Å². The number of amides is 2. The smallest absolute Gasteiger partial charge is 0.342 e. The van der Waals surface area contributed by atoms with Gasteiger partial charge in [0, 0.05) is 22.5 Å². The van der Waals surface area contributed by atoms with E-state index in [1.807, 2.05) is 6.92 Å². The van der Waals surface area contributed by atoms with Gasteiger partial charge in [-0.05, 0) is 50.6 Å². The fraction of sp³-hybridized carbons (Fsp3) is 0.278. The first kappa shape index (κ1) is 19.9. The molecule has 0 aliphatic heterocycles. The van der Waals surface area contributed by atoms with Crippen LogP contribution in [0.4, 0.5) is 10.7 Å². The molecule has 0 aliphatic carbocycles. The first-order chi connectivity index (χ1) is 12.2. The molecule has 2 amide bonds. The molecule has 2 N–H and O–H groups in total. The standard InChI is InChI=1S/C18H19ClN2O4S/c1-9-11(3)26-17(20-12(4)22)15(9)18(24)25-10(2)16(23)21-14-7-5-13(19)6-8-14/h5-8,10H,1-4H3,(H,20,22)(H,21,23)/t10-/m0/s1. The number of benzene rings is 1. The molecule has 0 saturated carbocycles. The normalized spacial score (nSPS) is 11.6. The summed E-state index contributed by atoms with van der Waals surface area (Å²) in [6, 6.07) is 6.59. The number of hydrogen-bond donors (Lipinski definition) is 2. The molecular weight excluding hydrogens is 376 g/mol. The highest BCUT2D eigenvalue weighted by Crippen LogP contribution is 2.33. The highest BCUT2D eigenvalue weighted by atomic mass is 35.5. The van der Waals surface area contributed by atoms with Crippen LogP contribution in [-0.2, 0) is 14.3 Å². The lowest BCUT2D eigenvalue weighted by molar-refractivity contribution is -0.123. The van der Waals surface area contributed by atoms with E-state index in [4.69, 9.17) is 16.3 Å². The highest BCUT2D eigenvalue weighted by molar-refractivity contribution is 7.16. The van der Waals surface area contributed by atoms with Gasteiger partial charge in [0.25, 0.3) is 5.91 Å². The van der Waals surface area contributed by atoms with E-state index >= 15 is 0 Å². The molecule has 1 atom stereocenters. The van der Waals surface area contributed by atoms with Crippen molar-refractivity contribution in [1.29, 1.82) is 0 Å². The Kier molecular flexibility index (Phi) is 6.39. The van der Waals surface area contributed by atoms with Crippen molar-refractivity contribution in [3.05, 3.63) is 45.3 Å². The van der Waals surface area contributed by atoms with Gasteiger partial charge in [0.15, 0.2) is 6.10 Å². The largest absolute Gasteiger partial charge is 0.449 e. The molecule has 0 saturated heterocycles. The van der Waals surface area contributed by atoms with Crippen molar-refractivity contribution in [3.63, 3.8) is 0 Å². The minimum Gasteiger partial charge on any atom is -0.449 e. The van der Waals surface area contributed by atoms with Gasteiger partial charge in [0.05, 0.1) is 5.56 Å². The number of halogens is 1. The van der Waals surface area contributed by atoms with Gasteiger partial charge in [-0.3, -0.25) is 9.59 Å². The summed E-state index contributed by atoms with van der Waals surface area (Å²) >= 11 is 7.10. The Morgan fingerprint density at radius 1 is 1.12 bits per heavy atom. The summed E-state index contributed by atoms with van der Waals surface area (Å²) in [6.07, 6.45) is -1.01. The molecule has 1 aromatic heterocycles. The molecule has 1 aromatic carbocycles. The number of carbonyl (C=O) groups is 3. The van der Waals surface area contributed by atoms with E-state index in [-0.39, 0.29) is 11.5 Å². The maximum atomic E-state index is 12.5. The molecule has 0 spiro atoms. The Hall–Kier alpha value is -2.38. The van der Waals surface area contributed by atoms with Crippen LogP contribution in [0.15, 0.2) is 24.3 Å². The van der Waals surface area contributed by atoms with E-state index in [1.54, 1.807) is 31.2 Å². The van der Waals surface area contributed by atoms with Crippen LogP contribution in [0.3, 0.4) is 0 Å². The van der Waals surface area contributed by atoms with E-state index in [9.17, 15) is 14.4 Å². The Labute approximate surface area is 160 Å². The summed E-state index contributed by atoms with van der Waals surface area (Å²) in [5.41, 5.74) is 1.53. The van der Waals surface area contributed by atoms with Gasteiger partial charge in [-0.1, -0.05) is 11.6 Å². The predicted octanol–water partition coefficient (Wildman–Crippen LogP) is 4.16. The second kappa shape index (κ2) is 8.33. The third-order valence-corrected chi connectivity index (χ3v) is 5.02. The summed E-state index contributed by atoms with van der Waals surface area (Å²) in [4.78, 5) is 37.0. The van der Waals surface area contributed by atoms with Crippen LogP contribution in [0.25, 0.3) is 0 Å². The molecule has 0 unspecified atom stereocenters. The van der Waals surface area contributed by atoms with Crippen molar-refractivity contribution in [3.8, 4) is 0 Å². The second-order valence-electron chi connectivity index (χ2n) is 5.71. The lowest BCUT2D eigenvalue weighted by Gasteiger charge is -2.14. The van der Waals surface area contributed by atoms with Crippen LogP contribution >= 0.6 is 22.9 Å². The van der Waals surface area contributed by atoms with Crippen molar-refractivity contribution in [2.45, 2.75) is 33.8 Å². The van der Waals surface area contributed by atoms with Crippen LogP contribution in [0, 0.1) is 13.8 Å². The molecule has 138 valence electrons. The number of nitrogens with one attached hydrogen (secondary N) is 2. The maximum Gasteiger partial charge on any atom is 0.342 e. The lowest BCUT2D eigenvalue weighted by Crippen LogP contribution is -2.30. The van der Waals surface area contributed by atoms with Crippen LogP contribution in [-0.4, -0.2) is 23.9 Å². The Bertz CT molecular complexity index is 846. The van der Waals surface area contributed by atoms with Crippen molar-refractivity contribution in [1.82, 2.24) is 0 Å². The fourth-order valence-corrected chi connectivity index (χ4v) is 3.39. The number of aryl methyl sites for hydroxylation is 1. The molecule has 0 aliphatic rings. The van der Waals surface area contributed by atoms with Crippen molar-refractivity contribution in [2.75, 3.05) is 10.6 Å². The average molecular weight is 395 g/mol. The van der Waals surface area contributed by atoms with Gasteiger partial charge < -0.3 is 15.4 Å². The topological polar surface area (TPSA) is 84.5 Å². The van der Waals surface area contributed by atoms with Gasteiger partial charge in [0.1, 0.15) is 5.00 Å². The van der Waals surface area contributed by atoms with Crippen LogP contribution in [0.1, 0.15) is 34.6 Å². The Morgan fingerprint density at radius 2 is 1.73 bits per heavy atom. The fourth-order valence-electron chi connectivity index (χ4n) is 2.17. The van der Waals surface area contributed by atoms with Crippen LogP contribution in [0.2, 0.25) is 5.02 Å². The highest BCUT2D eigenvalue weighted by Gasteiger charge is 2.25.